The molecular weight excluding hydrogens is 220 g/mol. The van der Waals surface area contributed by atoms with Crippen LogP contribution in [0.15, 0.2) is 18.2 Å². The first-order chi connectivity index (χ1) is 8.47. The Morgan fingerprint density at radius 1 is 1.28 bits per heavy atom. The van der Waals surface area contributed by atoms with Crippen molar-refractivity contribution in [1.82, 2.24) is 5.32 Å². The molecule has 0 aliphatic rings. The lowest BCUT2D eigenvalue weighted by atomic mass is 9.81. The highest BCUT2D eigenvalue weighted by Gasteiger charge is 2.21. The Hall–Kier alpha value is -1.33. The molecule has 0 spiro atoms. The minimum atomic E-state index is 0.129. The van der Waals surface area contributed by atoms with Crippen molar-refractivity contribution < 1.29 is 0 Å². The summed E-state index contributed by atoms with van der Waals surface area (Å²) in [4.78, 5) is 0. The number of hydrogen-bond acceptors (Lipinski definition) is 2. The summed E-state index contributed by atoms with van der Waals surface area (Å²) in [6.45, 7) is 10.7. The standard InChI is InChI=1S/C16H24N2/c1-13-7-8-15(14(2)11-13)16(3,4)12-18-10-6-5-9-17/h7-8,11,18H,5-6,10,12H2,1-4H3. The van der Waals surface area contributed by atoms with Gasteiger partial charge in [-0.1, -0.05) is 37.6 Å². The monoisotopic (exact) mass is 244 g/mol. The van der Waals surface area contributed by atoms with E-state index in [0.717, 1.165) is 19.5 Å². The molecular formula is C16H24N2. The summed E-state index contributed by atoms with van der Waals surface area (Å²) in [5, 5.41) is 11.9. The molecule has 1 aromatic carbocycles. The Balaban J connectivity index is 2.60. The molecule has 1 N–H and O–H groups in total. The molecule has 0 aromatic heterocycles. The van der Waals surface area contributed by atoms with Crippen molar-refractivity contribution in [3.05, 3.63) is 34.9 Å². The lowest BCUT2D eigenvalue weighted by Crippen LogP contribution is -2.34. The maximum atomic E-state index is 8.49. The number of hydrogen-bond donors (Lipinski definition) is 1. The van der Waals surface area contributed by atoms with Gasteiger partial charge in [0.15, 0.2) is 0 Å². The first-order valence-electron chi connectivity index (χ1n) is 6.63. The van der Waals surface area contributed by atoms with Gasteiger partial charge in [0.25, 0.3) is 0 Å². The first-order valence-corrected chi connectivity index (χ1v) is 6.63. The fraction of sp³-hybridized carbons (Fsp3) is 0.562. The van der Waals surface area contributed by atoms with Crippen LogP contribution in [0.2, 0.25) is 0 Å². The van der Waals surface area contributed by atoms with Crippen LogP contribution >= 0.6 is 0 Å². The highest BCUT2D eigenvalue weighted by molar-refractivity contribution is 5.35. The van der Waals surface area contributed by atoms with Crippen LogP contribution in [-0.2, 0) is 5.41 Å². The summed E-state index contributed by atoms with van der Waals surface area (Å²) < 4.78 is 0. The summed E-state index contributed by atoms with van der Waals surface area (Å²) in [6, 6.07) is 8.83. The highest BCUT2D eigenvalue weighted by atomic mass is 14.9. The molecule has 0 heterocycles. The predicted molar refractivity (Wildman–Crippen MR) is 76.7 cm³/mol. The third-order valence-electron chi connectivity index (χ3n) is 3.32. The number of aryl methyl sites for hydroxylation is 2. The van der Waals surface area contributed by atoms with Gasteiger partial charge in [0.1, 0.15) is 0 Å². The molecule has 0 atom stereocenters. The van der Waals surface area contributed by atoms with E-state index in [-0.39, 0.29) is 5.41 Å². The van der Waals surface area contributed by atoms with Crippen LogP contribution in [0.4, 0.5) is 0 Å². The van der Waals surface area contributed by atoms with E-state index >= 15 is 0 Å². The van der Waals surface area contributed by atoms with Crippen molar-refractivity contribution in [2.45, 2.75) is 46.0 Å². The second-order valence-corrected chi connectivity index (χ2v) is 5.64. The smallest absolute Gasteiger partial charge is 0.0622 e. The zero-order valence-corrected chi connectivity index (χ0v) is 12.0. The normalized spacial score (nSPS) is 11.3. The Morgan fingerprint density at radius 3 is 2.61 bits per heavy atom. The van der Waals surface area contributed by atoms with E-state index in [1.807, 2.05) is 0 Å². The lowest BCUT2D eigenvalue weighted by Gasteiger charge is -2.28. The molecule has 1 aromatic rings. The molecule has 18 heavy (non-hydrogen) atoms. The Labute approximate surface area is 111 Å². The summed E-state index contributed by atoms with van der Waals surface area (Å²) in [5.41, 5.74) is 4.21. The summed E-state index contributed by atoms with van der Waals surface area (Å²) in [6.07, 6.45) is 1.57. The van der Waals surface area contributed by atoms with Gasteiger partial charge in [-0.2, -0.15) is 5.26 Å². The van der Waals surface area contributed by atoms with Gasteiger partial charge in [0.05, 0.1) is 6.07 Å². The lowest BCUT2D eigenvalue weighted by molar-refractivity contribution is 0.465. The summed E-state index contributed by atoms with van der Waals surface area (Å²) in [5.74, 6) is 0. The molecule has 0 saturated heterocycles. The molecule has 0 fully saturated rings. The van der Waals surface area contributed by atoms with Gasteiger partial charge in [-0.25, -0.2) is 0 Å². The molecule has 0 aliphatic heterocycles. The van der Waals surface area contributed by atoms with Gasteiger partial charge in [-0.05, 0) is 37.9 Å². The van der Waals surface area contributed by atoms with Crippen molar-refractivity contribution in [3.63, 3.8) is 0 Å². The minimum absolute atomic E-state index is 0.129. The average Bonchev–Trinajstić information content (AvgIpc) is 2.28. The number of unbranched alkanes of at least 4 members (excludes halogenated alkanes) is 1. The maximum Gasteiger partial charge on any atom is 0.0622 e. The molecule has 0 unspecified atom stereocenters. The van der Waals surface area contributed by atoms with Crippen molar-refractivity contribution in [1.29, 1.82) is 5.26 Å². The molecule has 0 aliphatic carbocycles. The maximum absolute atomic E-state index is 8.49. The van der Waals surface area contributed by atoms with Gasteiger partial charge in [-0.15, -0.1) is 0 Å². The van der Waals surface area contributed by atoms with Crippen LogP contribution in [0.5, 0.6) is 0 Å². The van der Waals surface area contributed by atoms with Gasteiger partial charge in [-0.3, -0.25) is 0 Å². The van der Waals surface area contributed by atoms with Gasteiger partial charge in [0, 0.05) is 18.4 Å². The van der Waals surface area contributed by atoms with E-state index in [2.05, 4.69) is 57.3 Å². The third-order valence-corrected chi connectivity index (χ3v) is 3.32. The van der Waals surface area contributed by atoms with Crippen LogP contribution < -0.4 is 5.32 Å². The molecule has 98 valence electrons. The molecule has 2 nitrogen and oxygen atoms in total. The molecule has 2 heteroatoms. The highest BCUT2D eigenvalue weighted by Crippen LogP contribution is 2.26. The second kappa shape index (κ2) is 6.56. The minimum Gasteiger partial charge on any atom is -0.316 e. The Kier molecular flexibility index (Phi) is 5.37. The van der Waals surface area contributed by atoms with E-state index in [1.54, 1.807) is 0 Å². The fourth-order valence-electron chi connectivity index (χ4n) is 2.36. The molecule has 0 amide bonds. The number of nitrogens with zero attached hydrogens (tertiary/aromatic N) is 1. The zero-order chi connectivity index (χ0) is 13.6. The van der Waals surface area contributed by atoms with Crippen molar-refractivity contribution in [2.24, 2.45) is 0 Å². The SMILES string of the molecule is Cc1ccc(C(C)(C)CNCCCC#N)c(C)c1. The molecule has 0 saturated carbocycles. The summed E-state index contributed by atoms with van der Waals surface area (Å²) >= 11 is 0. The van der Waals surface area contributed by atoms with Crippen LogP contribution in [-0.4, -0.2) is 13.1 Å². The fourth-order valence-corrected chi connectivity index (χ4v) is 2.36. The first kappa shape index (κ1) is 14.7. The van der Waals surface area contributed by atoms with Crippen LogP contribution in [0.3, 0.4) is 0 Å². The Morgan fingerprint density at radius 2 is 2.00 bits per heavy atom. The van der Waals surface area contributed by atoms with Crippen LogP contribution in [0.1, 0.15) is 43.4 Å². The van der Waals surface area contributed by atoms with E-state index in [0.29, 0.717) is 6.42 Å². The summed E-state index contributed by atoms with van der Waals surface area (Å²) in [7, 11) is 0. The van der Waals surface area contributed by atoms with Crippen molar-refractivity contribution >= 4 is 0 Å². The number of benzene rings is 1. The number of rotatable bonds is 6. The van der Waals surface area contributed by atoms with Crippen LogP contribution in [0.25, 0.3) is 0 Å². The van der Waals surface area contributed by atoms with E-state index < -0.39 is 0 Å². The topological polar surface area (TPSA) is 35.8 Å². The largest absolute Gasteiger partial charge is 0.316 e. The van der Waals surface area contributed by atoms with Gasteiger partial charge >= 0.3 is 0 Å². The van der Waals surface area contributed by atoms with E-state index in [4.69, 9.17) is 5.26 Å². The van der Waals surface area contributed by atoms with Gasteiger partial charge in [0.2, 0.25) is 0 Å². The van der Waals surface area contributed by atoms with Crippen molar-refractivity contribution in [3.8, 4) is 6.07 Å². The predicted octanol–water partition coefficient (Wildman–Crippen LogP) is 3.47. The van der Waals surface area contributed by atoms with E-state index in [9.17, 15) is 0 Å². The van der Waals surface area contributed by atoms with E-state index in [1.165, 1.54) is 16.7 Å². The Bertz CT molecular complexity index is 427. The quantitative estimate of drug-likeness (QED) is 0.778. The second-order valence-electron chi connectivity index (χ2n) is 5.64. The number of nitrogens with one attached hydrogen (secondary N) is 1. The third kappa shape index (κ3) is 4.16. The van der Waals surface area contributed by atoms with Crippen molar-refractivity contribution in [2.75, 3.05) is 13.1 Å². The van der Waals surface area contributed by atoms with Crippen LogP contribution in [0, 0.1) is 25.2 Å². The average molecular weight is 244 g/mol. The zero-order valence-electron chi connectivity index (χ0n) is 12.0. The van der Waals surface area contributed by atoms with Gasteiger partial charge < -0.3 is 5.32 Å². The molecule has 0 bridgehead atoms. The number of nitriles is 1. The molecule has 0 radical (unpaired) electrons. The molecule has 1 rings (SSSR count).